The van der Waals surface area contributed by atoms with Crippen molar-refractivity contribution < 1.29 is 14.0 Å². The first-order valence-corrected chi connectivity index (χ1v) is 7.04. The zero-order valence-corrected chi connectivity index (χ0v) is 12.3. The fraction of sp³-hybridized carbons (Fsp3) is 0.467. The van der Waals surface area contributed by atoms with Gasteiger partial charge in [-0.1, -0.05) is 13.0 Å². The number of likely N-dealkylation sites (N-methyl/N-ethyl adjacent to an activating group) is 1. The lowest BCUT2D eigenvalue weighted by Gasteiger charge is -2.29. The maximum atomic E-state index is 13.3. The summed E-state index contributed by atoms with van der Waals surface area (Å²) >= 11 is 0. The third-order valence-corrected chi connectivity index (χ3v) is 3.79. The molecule has 1 aromatic rings. The van der Waals surface area contributed by atoms with E-state index in [0.29, 0.717) is 25.1 Å². The summed E-state index contributed by atoms with van der Waals surface area (Å²) in [6.07, 6.45) is 0.902. The maximum absolute atomic E-state index is 13.3. The molecule has 6 heteroatoms. The van der Waals surface area contributed by atoms with E-state index in [4.69, 9.17) is 0 Å². The van der Waals surface area contributed by atoms with E-state index in [1.165, 1.54) is 12.1 Å². The van der Waals surface area contributed by atoms with Crippen LogP contribution in [0, 0.1) is 5.82 Å². The van der Waals surface area contributed by atoms with Gasteiger partial charge < -0.3 is 15.5 Å². The molecule has 1 atom stereocenters. The first-order valence-electron chi connectivity index (χ1n) is 7.04. The van der Waals surface area contributed by atoms with E-state index < -0.39 is 5.54 Å². The van der Waals surface area contributed by atoms with Gasteiger partial charge in [0.25, 0.3) is 0 Å². The summed E-state index contributed by atoms with van der Waals surface area (Å²) in [4.78, 5) is 25.8. The molecule has 0 aromatic heterocycles. The fourth-order valence-electron chi connectivity index (χ4n) is 2.67. The van der Waals surface area contributed by atoms with E-state index in [2.05, 4.69) is 10.6 Å². The van der Waals surface area contributed by atoms with Crippen LogP contribution in [0.25, 0.3) is 0 Å². The molecule has 1 aromatic carbocycles. The number of anilines is 1. The first-order chi connectivity index (χ1) is 10.0. The summed E-state index contributed by atoms with van der Waals surface area (Å²) in [6.45, 7) is 2.60. The van der Waals surface area contributed by atoms with Crippen molar-refractivity contribution in [3.05, 3.63) is 30.1 Å². The van der Waals surface area contributed by atoms with Crippen LogP contribution in [0.4, 0.5) is 10.1 Å². The van der Waals surface area contributed by atoms with Crippen molar-refractivity contribution in [3.8, 4) is 0 Å². The Bertz CT molecular complexity index is 549. The number of nitrogens with one attached hydrogen (secondary N) is 2. The zero-order chi connectivity index (χ0) is 15.5. The molecule has 1 unspecified atom stereocenters. The lowest BCUT2D eigenvalue weighted by molar-refractivity contribution is -0.130. The third-order valence-electron chi connectivity index (χ3n) is 3.79. The number of nitrogens with zero attached hydrogens (tertiary/aromatic N) is 1. The Morgan fingerprint density at radius 3 is 2.81 bits per heavy atom. The predicted molar refractivity (Wildman–Crippen MR) is 78.3 cm³/mol. The molecule has 0 radical (unpaired) electrons. The Morgan fingerprint density at radius 1 is 1.43 bits per heavy atom. The monoisotopic (exact) mass is 293 g/mol. The highest BCUT2D eigenvalue weighted by atomic mass is 19.1. The average Bonchev–Trinajstić information content (AvgIpc) is 2.91. The summed E-state index contributed by atoms with van der Waals surface area (Å²) in [5.74, 6) is -0.550. The van der Waals surface area contributed by atoms with E-state index in [9.17, 15) is 14.0 Å². The largest absolute Gasteiger partial charge is 0.370 e. The smallest absolute Gasteiger partial charge is 0.247 e. The number of rotatable bonds is 4. The van der Waals surface area contributed by atoms with Crippen molar-refractivity contribution in [2.24, 2.45) is 0 Å². The lowest BCUT2D eigenvalue weighted by atomic mass is 9.96. The predicted octanol–water partition coefficient (Wildman–Crippen LogP) is 1.36. The van der Waals surface area contributed by atoms with Crippen molar-refractivity contribution in [1.29, 1.82) is 0 Å². The Kier molecular flexibility index (Phi) is 4.45. The number of carbonyl (C=O) groups excluding carboxylic acids is 2. The van der Waals surface area contributed by atoms with Gasteiger partial charge in [0.2, 0.25) is 11.8 Å². The highest BCUT2D eigenvalue weighted by Gasteiger charge is 2.45. The molecule has 2 rings (SSSR count). The van der Waals surface area contributed by atoms with Crippen molar-refractivity contribution in [1.82, 2.24) is 10.2 Å². The van der Waals surface area contributed by atoms with Crippen LogP contribution in [0.15, 0.2) is 24.3 Å². The topological polar surface area (TPSA) is 61.4 Å². The SMILES string of the molecule is CCC(=O)N1CCC(Nc2cccc(F)c2)(C(=O)NC)C1. The van der Waals surface area contributed by atoms with Crippen LogP contribution in [0.3, 0.4) is 0 Å². The third kappa shape index (κ3) is 3.15. The van der Waals surface area contributed by atoms with Crippen molar-refractivity contribution in [2.45, 2.75) is 25.3 Å². The Hall–Kier alpha value is -2.11. The normalized spacial score (nSPS) is 21.2. The number of hydrogen-bond acceptors (Lipinski definition) is 3. The molecule has 1 heterocycles. The van der Waals surface area contributed by atoms with Gasteiger partial charge in [0.05, 0.1) is 6.54 Å². The minimum Gasteiger partial charge on any atom is -0.370 e. The van der Waals surface area contributed by atoms with Crippen LogP contribution in [-0.2, 0) is 9.59 Å². The molecule has 1 aliphatic heterocycles. The molecule has 0 bridgehead atoms. The van der Waals surface area contributed by atoms with Gasteiger partial charge in [0.15, 0.2) is 0 Å². The van der Waals surface area contributed by atoms with Gasteiger partial charge in [-0.25, -0.2) is 4.39 Å². The summed E-state index contributed by atoms with van der Waals surface area (Å²) in [5.41, 5.74) is -0.378. The summed E-state index contributed by atoms with van der Waals surface area (Å²) < 4.78 is 13.3. The second-order valence-corrected chi connectivity index (χ2v) is 5.22. The zero-order valence-electron chi connectivity index (χ0n) is 12.3. The van der Waals surface area contributed by atoms with E-state index in [0.717, 1.165) is 0 Å². The van der Waals surface area contributed by atoms with Crippen LogP contribution >= 0.6 is 0 Å². The van der Waals surface area contributed by atoms with E-state index >= 15 is 0 Å². The molecule has 21 heavy (non-hydrogen) atoms. The first kappa shape index (κ1) is 15.3. The number of likely N-dealkylation sites (tertiary alicyclic amines) is 1. The standard InChI is InChI=1S/C15H20FN3O2/c1-3-13(20)19-8-7-15(10-19,14(21)17-2)18-12-6-4-5-11(16)9-12/h4-6,9,18H,3,7-8,10H2,1-2H3,(H,17,21). The molecule has 5 nitrogen and oxygen atoms in total. The van der Waals surface area contributed by atoms with Crippen LogP contribution in [0.5, 0.6) is 0 Å². The molecule has 2 N–H and O–H groups in total. The number of halogens is 1. The Labute approximate surface area is 123 Å². The van der Waals surface area contributed by atoms with Crippen LogP contribution in [0.1, 0.15) is 19.8 Å². The number of amides is 2. The summed E-state index contributed by atoms with van der Waals surface area (Å²) in [7, 11) is 1.56. The lowest BCUT2D eigenvalue weighted by Crippen LogP contribution is -2.54. The molecule has 0 spiro atoms. The molecule has 2 amide bonds. The van der Waals surface area contributed by atoms with Gasteiger partial charge in [-0.05, 0) is 24.6 Å². The van der Waals surface area contributed by atoms with Crippen molar-refractivity contribution in [3.63, 3.8) is 0 Å². The minimum absolute atomic E-state index is 0.0156. The summed E-state index contributed by atoms with van der Waals surface area (Å²) in [5, 5.41) is 5.74. The average molecular weight is 293 g/mol. The number of carbonyl (C=O) groups is 2. The molecular weight excluding hydrogens is 273 g/mol. The molecule has 1 fully saturated rings. The Morgan fingerprint density at radius 2 is 2.19 bits per heavy atom. The van der Waals surface area contributed by atoms with Crippen molar-refractivity contribution >= 4 is 17.5 Å². The van der Waals surface area contributed by atoms with Crippen LogP contribution in [-0.4, -0.2) is 42.4 Å². The molecular formula is C15H20FN3O2. The number of hydrogen-bond donors (Lipinski definition) is 2. The quantitative estimate of drug-likeness (QED) is 0.881. The number of benzene rings is 1. The Balaban J connectivity index is 2.23. The highest BCUT2D eigenvalue weighted by molar-refractivity contribution is 5.91. The van der Waals surface area contributed by atoms with E-state index in [-0.39, 0.29) is 24.2 Å². The van der Waals surface area contributed by atoms with Gasteiger partial charge in [0.1, 0.15) is 11.4 Å². The van der Waals surface area contributed by atoms with Gasteiger partial charge in [-0.15, -0.1) is 0 Å². The van der Waals surface area contributed by atoms with Gasteiger partial charge in [-0.3, -0.25) is 9.59 Å². The fourth-order valence-corrected chi connectivity index (χ4v) is 2.67. The second-order valence-electron chi connectivity index (χ2n) is 5.22. The summed E-state index contributed by atoms with van der Waals surface area (Å²) in [6, 6.07) is 5.98. The van der Waals surface area contributed by atoms with Crippen molar-refractivity contribution in [2.75, 3.05) is 25.5 Å². The van der Waals surface area contributed by atoms with E-state index in [1.54, 1.807) is 31.0 Å². The molecule has 1 saturated heterocycles. The van der Waals surface area contributed by atoms with Gasteiger partial charge >= 0.3 is 0 Å². The van der Waals surface area contributed by atoms with Gasteiger partial charge in [0, 0.05) is 25.7 Å². The minimum atomic E-state index is -0.909. The molecule has 114 valence electrons. The van der Waals surface area contributed by atoms with Gasteiger partial charge in [-0.2, -0.15) is 0 Å². The molecule has 0 aliphatic carbocycles. The molecule has 1 aliphatic rings. The van der Waals surface area contributed by atoms with Crippen LogP contribution < -0.4 is 10.6 Å². The van der Waals surface area contributed by atoms with E-state index in [1.807, 2.05) is 0 Å². The second kappa shape index (κ2) is 6.11. The van der Waals surface area contributed by atoms with Crippen LogP contribution in [0.2, 0.25) is 0 Å². The maximum Gasteiger partial charge on any atom is 0.247 e. The highest BCUT2D eigenvalue weighted by Crippen LogP contribution is 2.27. The molecule has 0 saturated carbocycles.